The number of benzene rings is 1. The summed E-state index contributed by atoms with van der Waals surface area (Å²) in [6.07, 6.45) is 4.13. The van der Waals surface area contributed by atoms with Gasteiger partial charge in [-0.25, -0.2) is 13.2 Å². The molecule has 1 aromatic heterocycles. The van der Waals surface area contributed by atoms with E-state index in [2.05, 4.69) is 10.0 Å². The Morgan fingerprint density at radius 2 is 1.81 bits per heavy atom. The minimum atomic E-state index is -3.64. The molecule has 7 nitrogen and oxygen atoms in total. The quantitative estimate of drug-likeness (QED) is 0.686. The third kappa shape index (κ3) is 5.30. The molecule has 1 saturated carbocycles. The number of hydrogen-bond acceptors (Lipinski definition) is 6. The normalized spacial score (nSPS) is 14.7. The maximum atomic E-state index is 12.2. The number of nitrogens with one attached hydrogen (secondary N) is 2. The van der Waals surface area contributed by atoms with Gasteiger partial charge in [0.25, 0.3) is 15.9 Å². The molecule has 3 rings (SSSR count). The van der Waals surface area contributed by atoms with E-state index in [9.17, 15) is 18.0 Å². The fourth-order valence-corrected chi connectivity index (χ4v) is 4.90. The summed E-state index contributed by atoms with van der Waals surface area (Å²) in [4.78, 5) is 23.8. The third-order valence-corrected chi connectivity index (χ3v) is 6.97. The molecule has 2 aromatic rings. The van der Waals surface area contributed by atoms with Crippen LogP contribution >= 0.6 is 11.3 Å². The largest absolute Gasteiger partial charge is 0.452 e. The summed E-state index contributed by atoms with van der Waals surface area (Å²) >= 11 is 1.12. The summed E-state index contributed by atoms with van der Waals surface area (Å²) in [5.41, 5.74) is 0.571. The number of amides is 1. The Hall–Kier alpha value is -2.39. The number of hydrogen-bond donors (Lipinski definition) is 2. The van der Waals surface area contributed by atoms with Crippen molar-refractivity contribution in [3.63, 3.8) is 0 Å². The molecule has 144 valence electrons. The Morgan fingerprint density at radius 1 is 1.11 bits per heavy atom. The Morgan fingerprint density at radius 3 is 2.44 bits per heavy atom. The molecule has 0 spiro atoms. The van der Waals surface area contributed by atoms with Crippen molar-refractivity contribution >= 4 is 38.9 Å². The highest BCUT2D eigenvalue weighted by Gasteiger charge is 2.19. The molecule has 1 aliphatic rings. The topological polar surface area (TPSA) is 102 Å². The lowest BCUT2D eigenvalue weighted by atomic mass is 10.2. The summed E-state index contributed by atoms with van der Waals surface area (Å²) in [5, 5.41) is 4.52. The number of sulfonamides is 1. The van der Waals surface area contributed by atoms with Gasteiger partial charge in [0.2, 0.25) is 0 Å². The number of thiophene rings is 1. The van der Waals surface area contributed by atoms with Gasteiger partial charge < -0.3 is 10.1 Å². The van der Waals surface area contributed by atoms with E-state index in [0.717, 1.165) is 37.0 Å². The van der Waals surface area contributed by atoms with Crippen molar-refractivity contribution in [2.24, 2.45) is 0 Å². The molecular formula is C18H20N2O5S2. The van der Waals surface area contributed by atoms with E-state index in [1.54, 1.807) is 11.4 Å². The zero-order valence-corrected chi connectivity index (χ0v) is 16.1. The van der Waals surface area contributed by atoms with Crippen molar-refractivity contribution in [2.45, 2.75) is 35.9 Å². The molecule has 0 aliphatic heterocycles. The monoisotopic (exact) mass is 408 g/mol. The lowest BCUT2D eigenvalue weighted by Crippen LogP contribution is -2.35. The molecule has 1 aromatic carbocycles. The lowest BCUT2D eigenvalue weighted by Gasteiger charge is -2.12. The number of carbonyl (C=O) groups is 2. The van der Waals surface area contributed by atoms with Gasteiger partial charge in [-0.15, -0.1) is 11.3 Å². The van der Waals surface area contributed by atoms with Crippen molar-refractivity contribution in [3.05, 3.63) is 47.3 Å². The van der Waals surface area contributed by atoms with Gasteiger partial charge in [0.15, 0.2) is 6.61 Å². The fraction of sp³-hybridized carbons (Fsp3) is 0.333. The van der Waals surface area contributed by atoms with Crippen LogP contribution in [0.5, 0.6) is 0 Å². The van der Waals surface area contributed by atoms with Crippen LogP contribution in [0.4, 0.5) is 5.69 Å². The number of esters is 1. The first kappa shape index (κ1) is 19.4. The summed E-state index contributed by atoms with van der Waals surface area (Å²) < 4.78 is 32.0. The summed E-state index contributed by atoms with van der Waals surface area (Å²) in [5.74, 6) is -0.945. The smallest absolute Gasteiger partial charge is 0.338 e. The molecule has 0 radical (unpaired) electrons. The number of carbonyl (C=O) groups excluding carboxylic acids is 2. The average Bonchev–Trinajstić information content (AvgIpc) is 3.34. The molecule has 27 heavy (non-hydrogen) atoms. The maximum absolute atomic E-state index is 12.2. The molecule has 1 amide bonds. The van der Waals surface area contributed by atoms with Gasteiger partial charge in [-0.05, 0) is 48.6 Å². The highest BCUT2D eigenvalue weighted by atomic mass is 32.2. The summed E-state index contributed by atoms with van der Waals surface area (Å²) in [7, 11) is -3.64. The Bertz CT molecular complexity index is 886. The second-order valence-corrected chi connectivity index (χ2v) is 9.10. The summed E-state index contributed by atoms with van der Waals surface area (Å²) in [6.45, 7) is -0.331. The molecule has 2 N–H and O–H groups in total. The van der Waals surface area contributed by atoms with Crippen molar-refractivity contribution in [3.8, 4) is 0 Å². The first-order valence-electron chi connectivity index (χ1n) is 8.57. The van der Waals surface area contributed by atoms with Crippen LogP contribution in [0.3, 0.4) is 0 Å². The molecule has 1 aliphatic carbocycles. The number of anilines is 1. The fourth-order valence-electron chi connectivity index (χ4n) is 2.85. The molecule has 0 saturated heterocycles. The zero-order chi connectivity index (χ0) is 19.3. The van der Waals surface area contributed by atoms with Gasteiger partial charge in [-0.3, -0.25) is 9.52 Å². The maximum Gasteiger partial charge on any atom is 0.338 e. The van der Waals surface area contributed by atoms with Gasteiger partial charge in [0.1, 0.15) is 4.21 Å². The van der Waals surface area contributed by atoms with Crippen LogP contribution in [0.2, 0.25) is 0 Å². The molecule has 1 fully saturated rings. The van der Waals surface area contributed by atoms with E-state index in [1.807, 2.05) is 0 Å². The van der Waals surface area contributed by atoms with Crippen LogP contribution < -0.4 is 10.0 Å². The highest BCUT2D eigenvalue weighted by Crippen LogP contribution is 2.21. The van der Waals surface area contributed by atoms with Gasteiger partial charge in [0, 0.05) is 11.7 Å². The zero-order valence-electron chi connectivity index (χ0n) is 14.5. The SMILES string of the molecule is O=C(COC(=O)c1ccc(NS(=O)(=O)c2cccs2)cc1)NC1CCCC1. The molecule has 1 heterocycles. The lowest BCUT2D eigenvalue weighted by molar-refractivity contribution is -0.124. The van der Waals surface area contributed by atoms with Crippen LogP contribution in [0.25, 0.3) is 0 Å². The van der Waals surface area contributed by atoms with Crippen molar-refractivity contribution < 1.29 is 22.7 Å². The first-order valence-corrected chi connectivity index (χ1v) is 10.9. The summed E-state index contributed by atoms with van der Waals surface area (Å²) in [6, 6.07) is 9.18. The first-order chi connectivity index (χ1) is 12.9. The van der Waals surface area contributed by atoms with Crippen LogP contribution in [-0.4, -0.2) is 32.9 Å². The van der Waals surface area contributed by atoms with Gasteiger partial charge >= 0.3 is 5.97 Å². The minimum absolute atomic E-state index is 0.173. The van der Waals surface area contributed by atoms with Crippen LogP contribution in [0.15, 0.2) is 46.0 Å². The average molecular weight is 409 g/mol. The Balaban J connectivity index is 1.52. The van der Waals surface area contributed by atoms with E-state index in [4.69, 9.17) is 4.74 Å². The number of ether oxygens (including phenoxy) is 1. The minimum Gasteiger partial charge on any atom is -0.452 e. The highest BCUT2D eigenvalue weighted by molar-refractivity contribution is 7.94. The third-order valence-electron chi connectivity index (χ3n) is 4.19. The second kappa shape index (κ2) is 8.53. The van der Waals surface area contributed by atoms with E-state index in [0.29, 0.717) is 5.69 Å². The van der Waals surface area contributed by atoms with E-state index in [1.165, 1.54) is 30.3 Å². The molecule has 0 unspecified atom stereocenters. The van der Waals surface area contributed by atoms with E-state index in [-0.39, 0.29) is 28.3 Å². The Labute approximate surface area is 161 Å². The molecular weight excluding hydrogens is 388 g/mol. The number of rotatable bonds is 7. The Kier molecular flexibility index (Phi) is 6.12. The van der Waals surface area contributed by atoms with Crippen LogP contribution in [-0.2, 0) is 19.6 Å². The standard InChI is InChI=1S/C18H20N2O5S2/c21-16(19-14-4-1-2-5-14)12-25-18(22)13-7-9-15(10-8-13)20-27(23,24)17-6-3-11-26-17/h3,6-11,14,20H,1-2,4-5,12H2,(H,19,21). The van der Waals surface area contributed by atoms with E-state index < -0.39 is 16.0 Å². The predicted molar refractivity (Wildman–Crippen MR) is 102 cm³/mol. The van der Waals surface area contributed by atoms with E-state index >= 15 is 0 Å². The van der Waals surface area contributed by atoms with Crippen LogP contribution in [0.1, 0.15) is 36.0 Å². The van der Waals surface area contributed by atoms with Crippen LogP contribution in [0, 0.1) is 0 Å². The van der Waals surface area contributed by atoms with Gasteiger partial charge in [-0.1, -0.05) is 18.9 Å². The van der Waals surface area contributed by atoms with Crippen molar-refractivity contribution in [1.29, 1.82) is 0 Å². The predicted octanol–water partition coefficient (Wildman–Crippen LogP) is 2.76. The molecule has 9 heteroatoms. The van der Waals surface area contributed by atoms with Crippen molar-refractivity contribution in [1.82, 2.24) is 5.32 Å². The second-order valence-electron chi connectivity index (χ2n) is 6.24. The molecule has 0 bridgehead atoms. The molecule has 0 atom stereocenters. The van der Waals surface area contributed by atoms with Gasteiger partial charge in [-0.2, -0.15) is 0 Å². The van der Waals surface area contributed by atoms with Gasteiger partial charge in [0.05, 0.1) is 5.56 Å². The van der Waals surface area contributed by atoms with Crippen molar-refractivity contribution in [2.75, 3.05) is 11.3 Å².